The minimum absolute atomic E-state index is 0.0333. The van der Waals surface area contributed by atoms with Gasteiger partial charge >= 0.3 is 6.18 Å². The highest BCUT2D eigenvalue weighted by Crippen LogP contribution is 2.47. The second kappa shape index (κ2) is 10.7. The molecule has 0 bridgehead atoms. The van der Waals surface area contributed by atoms with Gasteiger partial charge in [-0.05, 0) is 19.8 Å². The van der Waals surface area contributed by atoms with Gasteiger partial charge in [0.25, 0.3) is 5.56 Å². The Bertz CT molecular complexity index is 1200. The summed E-state index contributed by atoms with van der Waals surface area (Å²) in [5.41, 5.74) is -2.70. The number of nitrogens with zero attached hydrogens (tertiary/aromatic N) is 6. The number of anilines is 2. The summed E-state index contributed by atoms with van der Waals surface area (Å²) < 4.78 is 44.9. The fourth-order valence-electron chi connectivity index (χ4n) is 4.15. The van der Waals surface area contributed by atoms with Crippen LogP contribution >= 0.6 is 0 Å². The molecule has 0 unspecified atom stereocenters. The van der Waals surface area contributed by atoms with E-state index in [0.29, 0.717) is 32.1 Å². The smallest absolute Gasteiger partial charge is 0.379 e. The van der Waals surface area contributed by atoms with E-state index in [4.69, 9.17) is 4.74 Å². The van der Waals surface area contributed by atoms with Gasteiger partial charge in [-0.1, -0.05) is 0 Å². The molecule has 0 radical (unpaired) electrons. The summed E-state index contributed by atoms with van der Waals surface area (Å²) in [7, 11) is 0. The average Bonchev–Trinajstić information content (AvgIpc) is 3.67. The predicted molar refractivity (Wildman–Crippen MR) is 126 cm³/mol. The molecule has 2 aromatic heterocycles. The molecule has 14 heteroatoms. The lowest BCUT2D eigenvalue weighted by Crippen LogP contribution is -2.49. The van der Waals surface area contributed by atoms with Crippen molar-refractivity contribution in [2.45, 2.75) is 43.8 Å². The number of ether oxygens (including phenoxy) is 1. The molecule has 0 aromatic carbocycles. The lowest BCUT2D eigenvalue weighted by Gasteiger charge is -2.34. The molecule has 37 heavy (non-hydrogen) atoms. The largest absolute Gasteiger partial charge is 0.423 e. The molecular formula is C23H27F3N8O3. The van der Waals surface area contributed by atoms with E-state index in [9.17, 15) is 28.0 Å². The number of rotatable bonds is 9. The third kappa shape index (κ3) is 6.16. The molecule has 3 heterocycles. The topological polar surface area (TPSA) is 140 Å². The van der Waals surface area contributed by atoms with Crippen LogP contribution in [0.4, 0.5) is 24.8 Å². The lowest BCUT2D eigenvalue weighted by molar-refractivity contribution is -0.138. The van der Waals surface area contributed by atoms with E-state index in [1.165, 1.54) is 0 Å². The van der Waals surface area contributed by atoms with Gasteiger partial charge in [0.15, 0.2) is 0 Å². The van der Waals surface area contributed by atoms with E-state index in [0.717, 1.165) is 24.6 Å². The predicted octanol–water partition coefficient (Wildman–Crippen LogP) is 1.69. The highest BCUT2D eigenvalue weighted by atomic mass is 19.4. The van der Waals surface area contributed by atoms with Gasteiger partial charge in [0, 0.05) is 50.2 Å². The third-order valence-electron chi connectivity index (χ3n) is 6.44. The zero-order chi connectivity index (χ0) is 26.6. The summed E-state index contributed by atoms with van der Waals surface area (Å²) in [6, 6.07) is 1.77. The number of carbonyl (C=O) groups is 1. The van der Waals surface area contributed by atoms with Crippen molar-refractivity contribution < 1.29 is 22.7 Å². The minimum Gasteiger partial charge on any atom is -0.379 e. The normalized spacial score (nSPS) is 17.7. The zero-order valence-corrected chi connectivity index (χ0v) is 20.2. The number of alkyl halides is 3. The Labute approximate surface area is 210 Å². The summed E-state index contributed by atoms with van der Waals surface area (Å²) in [6.07, 6.45) is 1.28. The Morgan fingerprint density at radius 2 is 1.92 bits per heavy atom. The molecule has 0 spiro atoms. The van der Waals surface area contributed by atoms with E-state index >= 15 is 0 Å². The van der Waals surface area contributed by atoms with Crippen LogP contribution < -0.4 is 15.8 Å². The van der Waals surface area contributed by atoms with E-state index < -0.39 is 34.4 Å². The van der Waals surface area contributed by atoms with Crippen LogP contribution in [0.1, 0.15) is 37.3 Å². The summed E-state index contributed by atoms with van der Waals surface area (Å²) in [5.74, 6) is 0.484. The number of aromatic amines is 1. The summed E-state index contributed by atoms with van der Waals surface area (Å²) in [4.78, 5) is 36.6. The Hall–Kier alpha value is -3.73. The van der Waals surface area contributed by atoms with E-state index in [2.05, 4.69) is 26.5 Å². The molecule has 1 atom stereocenters. The zero-order valence-electron chi connectivity index (χ0n) is 20.2. The van der Waals surface area contributed by atoms with Gasteiger partial charge in [0.05, 0.1) is 43.0 Å². The maximum absolute atomic E-state index is 13.1. The van der Waals surface area contributed by atoms with Crippen molar-refractivity contribution in [2.24, 2.45) is 0 Å². The number of piperazine rings is 1. The first-order chi connectivity index (χ1) is 17.6. The van der Waals surface area contributed by atoms with Crippen LogP contribution in [0.15, 0.2) is 23.4 Å². The van der Waals surface area contributed by atoms with Crippen molar-refractivity contribution in [1.82, 2.24) is 25.1 Å². The van der Waals surface area contributed by atoms with Crippen molar-refractivity contribution in [3.05, 3.63) is 40.1 Å². The number of nitrogens with one attached hydrogen (secondary N) is 2. The maximum atomic E-state index is 13.1. The second-order valence-electron chi connectivity index (χ2n) is 9.19. The molecule has 11 nitrogen and oxygen atoms in total. The van der Waals surface area contributed by atoms with Gasteiger partial charge in [-0.2, -0.15) is 23.5 Å². The second-order valence-corrected chi connectivity index (χ2v) is 9.19. The van der Waals surface area contributed by atoms with Crippen LogP contribution in [-0.2, 0) is 21.1 Å². The Morgan fingerprint density at radius 3 is 2.51 bits per heavy atom. The molecule has 2 N–H and O–H groups in total. The highest BCUT2D eigenvalue weighted by Gasteiger charge is 2.45. The molecule has 2 aromatic rings. The van der Waals surface area contributed by atoms with Crippen molar-refractivity contribution in [3.63, 3.8) is 0 Å². The van der Waals surface area contributed by atoms with Crippen molar-refractivity contribution in [2.75, 3.05) is 49.6 Å². The number of aromatic nitrogens is 4. The van der Waals surface area contributed by atoms with Crippen LogP contribution in [0.3, 0.4) is 0 Å². The van der Waals surface area contributed by atoms with Crippen molar-refractivity contribution in [1.29, 1.82) is 5.26 Å². The molecule has 2 aliphatic rings. The quantitative estimate of drug-likeness (QED) is 0.473. The third-order valence-corrected chi connectivity index (χ3v) is 6.44. The van der Waals surface area contributed by atoms with E-state index in [1.807, 2.05) is 4.90 Å². The molecule has 4 rings (SSSR count). The van der Waals surface area contributed by atoms with Crippen LogP contribution in [0.25, 0.3) is 0 Å². The van der Waals surface area contributed by atoms with Gasteiger partial charge in [-0.3, -0.25) is 9.59 Å². The summed E-state index contributed by atoms with van der Waals surface area (Å²) in [5, 5.41) is 17.1. The van der Waals surface area contributed by atoms with Crippen LogP contribution in [0.2, 0.25) is 0 Å². The number of H-pyrrole nitrogens is 1. The fourth-order valence-corrected chi connectivity index (χ4v) is 4.15. The SMILES string of the molecule is C[C@@H](COCCC(=O)N1CCN(c2ncc(C3(C#N)CC3)cn2)CC1)Nc1cn[nH]c(=O)c1C(F)(F)F. The molecule has 1 saturated heterocycles. The highest BCUT2D eigenvalue weighted by molar-refractivity contribution is 5.76. The number of halogens is 3. The molecule has 1 saturated carbocycles. The first kappa shape index (κ1) is 26.3. The molecule has 1 aliphatic carbocycles. The number of hydrogen-bond acceptors (Lipinski definition) is 9. The molecule has 198 valence electrons. The summed E-state index contributed by atoms with van der Waals surface area (Å²) >= 11 is 0. The standard InChI is InChI=1S/C23H27F3N8O3/c1-15(31-17-12-30-32-20(36)19(17)23(24,25)26)13-37-9-2-18(35)33-5-7-34(8-6-33)21-28-10-16(11-29-21)22(14-27)3-4-22/h10-12,15H,2-9,13H2,1H3,(H2,31,32,36)/t15-/m0/s1. The maximum Gasteiger partial charge on any atom is 0.423 e. The minimum atomic E-state index is -4.83. The van der Waals surface area contributed by atoms with Gasteiger partial charge in [0.1, 0.15) is 5.56 Å². The number of amides is 1. The van der Waals surface area contributed by atoms with Crippen molar-refractivity contribution in [3.8, 4) is 6.07 Å². The van der Waals surface area contributed by atoms with Crippen LogP contribution in [0.5, 0.6) is 0 Å². The molecule has 1 aliphatic heterocycles. The Morgan fingerprint density at radius 1 is 1.24 bits per heavy atom. The monoisotopic (exact) mass is 520 g/mol. The van der Waals surface area contributed by atoms with Gasteiger partial charge in [0.2, 0.25) is 11.9 Å². The fraction of sp³-hybridized carbons (Fsp3) is 0.565. The van der Waals surface area contributed by atoms with Gasteiger partial charge < -0.3 is 19.9 Å². The van der Waals surface area contributed by atoms with Crippen LogP contribution in [0, 0.1) is 11.3 Å². The number of carbonyl (C=O) groups excluding carboxylic acids is 1. The lowest BCUT2D eigenvalue weighted by atomic mass is 10.0. The van der Waals surface area contributed by atoms with Crippen LogP contribution in [-0.4, -0.2) is 76.4 Å². The Kier molecular flexibility index (Phi) is 7.63. The van der Waals surface area contributed by atoms with E-state index in [1.54, 1.807) is 29.3 Å². The number of hydrogen-bond donors (Lipinski definition) is 2. The van der Waals surface area contributed by atoms with Crippen molar-refractivity contribution >= 4 is 17.5 Å². The average molecular weight is 521 g/mol. The molecular weight excluding hydrogens is 493 g/mol. The number of nitriles is 1. The van der Waals surface area contributed by atoms with Gasteiger partial charge in [-0.15, -0.1) is 0 Å². The molecule has 1 amide bonds. The Balaban J connectivity index is 1.17. The summed E-state index contributed by atoms with van der Waals surface area (Å²) in [6.45, 7) is 3.88. The first-order valence-corrected chi connectivity index (χ1v) is 11.9. The first-order valence-electron chi connectivity index (χ1n) is 11.9. The molecule has 2 fully saturated rings. The van der Waals surface area contributed by atoms with Gasteiger partial charge in [-0.25, -0.2) is 15.1 Å². The van der Waals surface area contributed by atoms with E-state index in [-0.39, 0.29) is 25.5 Å².